The molecule has 1 fully saturated rings. The molecule has 0 spiro atoms. The number of likely N-dealkylation sites (tertiary alicyclic amines) is 1. The zero-order valence-corrected chi connectivity index (χ0v) is 24.0. The molecule has 2 aliphatic rings. The first-order chi connectivity index (χ1) is 19.3. The number of carbonyl (C=O) groups is 3. The number of fused-ring (bicyclic) bond motifs is 1. The minimum absolute atomic E-state index is 0.0331. The average molecular weight is 555 g/mol. The van der Waals surface area contributed by atoms with Gasteiger partial charge < -0.3 is 14.5 Å². The molecular weight excluding hydrogens is 520 g/mol. The van der Waals surface area contributed by atoms with E-state index in [1.807, 2.05) is 59.5 Å². The smallest absolute Gasteiger partial charge is 0.309 e. The van der Waals surface area contributed by atoms with Crippen LogP contribution in [0, 0.1) is 19.8 Å². The van der Waals surface area contributed by atoms with Gasteiger partial charge in [0, 0.05) is 23.5 Å². The molecule has 3 aromatic carbocycles. The van der Waals surface area contributed by atoms with Crippen molar-refractivity contribution < 1.29 is 19.1 Å². The van der Waals surface area contributed by atoms with Gasteiger partial charge in [0.2, 0.25) is 0 Å². The molecule has 0 aliphatic carbocycles. The fourth-order valence-corrected chi connectivity index (χ4v) is 6.25. The van der Waals surface area contributed by atoms with E-state index in [1.54, 1.807) is 11.8 Å². The van der Waals surface area contributed by atoms with Gasteiger partial charge in [0.25, 0.3) is 11.8 Å². The highest BCUT2D eigenvalue weighted by Gasteiger charge is 2.30. The minimum atomic E-state index is -0.169. The van der Waals surface area contributed by atoms with Gasteiger partial charge in [-0.2, -0.15) is 0 Å². The monoisotopic (exact) mass is 554 g/mol. The second-order valence-corrected chi connectivity index (χ2v) is 11.4. The van der Waals surface area contributed by atoms with Crippen LogP contribution in [0.2, 0.25) is 0 Å². The number of hydrogen-bond donors (Lipinski definition) is 0. The van der Waals surface area contributed by atoms with Crippen molar-refractivity contribution in [3.8, 4) is 0 Å². The molecule has 0 radical (unpaired) electrons. The van der Waals surface area contributed by atoms with E-state index in [0.717, 1.165) is 27.3 Å². The van der Waals surface area contributed by atoms with Gasteiger partial charge in [0.1, 0.15) is 0 Å². The average Bonchev–Trinajstić information content (AvgIpc) is 2.97. The molecule has 0 N–H and O–H groups in total. The maximum Gasteiger partial charge on any atom is 0.309 e. The zero-order chi connectivity index (χ0) is 28.2. The summed E-state index contributed by atoms with van der Waals surface area (Å²) in [6.07, 6.45) is 3.14. The molecule has 2 heterocycles. The van der Waals surface area contributed by atoms with Crippen LogP contribution in [0.15, 0.2) is 76.5 Å². The molecular formula is C33H34N2O4S. The molecule has 6 nitrogen and oxygen atoms in total. The summed E-state index contributed by atoms with van der Waals surface area (Å²) in [4.78, 5) is 44.2. The number of esters is 1. The van der Waals surface area contributed by atoms with Gasteiger partial charge in [-0.15, -0.1) is 0 Å². The van der Waals surface area contributed by atoms with Crippen molar-refractivity contribution in [2.45, 2.75) is 45.1 Å². The van der Waals surface area contributed by atoms with Crippen molar-refractivity contribution in [2.75, 3.05) is 24.6 Å². The molecule has 0 bridgehead atoms. The SMILES string of the molecule is CCOC(=O)C1CCN(C(=O)c2ccc(C=C3Sc4ccccc4N(Cc4cc(C)ccc4C)C3=O)cc2)CC1. The molecule has 3 aromatic rings. The lowest BCUT2D eigenvalue weighted by atomic mass is 9.96. The van der Waals surface area contributed by atoms with Gasteiger partial charge >= 0.3 is 5.97 Å². The fraction of sp³-hybridized carbons (Fsp3) is 0.303. The normalized spacial score (nSPS) is 16.7. The molecule has 7 heteroatoms. The number of thioether (sulfide) groups is 1. The molecule has 0 saturated carbocycles. The molecule has 1 saturated heterocycles. The maximum absolute atomic E-state index is 13.7. The van der Waals surface area contributed by atoms with Crippen molar-refractivity contribution >= 4 is 41.3 Å². The van der Waals surface area contributed by atoms with Gasteiger partial charge in [-0.3, -0.25) is 14.4 Å². The van der Waals surface area contributed by atoms with Crippen molar-refractivity contribution in [3.05, 3.63) is 99.5 Å². The Morgan fingerprint density at radius 3 is 2.45 bits per heavy atom. The number of aryl methyl sites for hydroxylation is 2. The standard InChI is InChI=1S/C33H34N2O4S/c1-4-39-33(38)26-15-17-34(18-16-26)31(36)25-13-11-24(12-14-25)20-30-32(37)35(28-7-5-6-8-29(28)40-30)21-27-19-22(2)9-10-23(27)3/h5-14,19-20,26H,4,15-18,21H2,1-3H3. The predicted molar refractivity (Wildman–Crippen MR) is 159 cm³/mol. The lowest BCUT2D eigenvalue weighted by Crippen LogP contribution is -2.40. The van der Waals surface area contributed by atoms with Gasteiger partial charge in [-0.1, -0.05) is 59.8 Å². The van der Waals surface area contributed by atoms with Crippen LogP contribution in [0.3, 0.4) is 0 Å². The first kappa shape index (κ1) is 27.7. The first-order valence-electron chi connectivity index (χ1n) is 13.8. The number of carbonyl (C=O) groups excluding carboxylic acids is 3. The van der Waals surface area contributed by atoms with E-state index in [1.165, 1.54) is 17.3 Å². The quantitative estimate of drug-likeness (QED) is 0.261. The Morgan fingerprint density at radius 1 is 1.00 bits per heavy atom. The van der Waals surface area contributed by atoms with Crippen LogP contribution < -0.4 is 4.90 Å². The Labute approximate surface area is 240 Å². The summed E-state index contributed by atoms with van der Waals surface area (Å²) in [5.74, 6) is -0.382. The van der Waals surface area contributed by atoms with Gasteiger partial charge in [0.05, 0.1) is 29.7 Å². The zero-order valence-electron chi connectivity index (χ0n) is 23.2. The summed E-state index contributed by atoms with van der Waals surface area (Å²) >= 11 is 1.48. The number of rotatable bonds is 6. The summed E-state index contributed by atoms with van der Waals surface area (Å²) in [5, 5.41) is 0. The van der Waals surface area contributed by atoms with Crippen molar-refractivity contribution in [2.24, 2.45) is 5.92 Å². The van der Waals surface area contributed by atoms with Crippen molar-refractivity contribution in [1.29, 1.82) is 0 Å². The third-order valence-electron chi connectivity index (χ3n) is 7.52. The predicted octanol–water partition coefficient (Wildman–Crippen LogP) is 6.40. The lowest BCUT2D eigenvalue weighted by Gasteiger charge is -2.31. The Balaban J connectivity index is 1.32. The lowest BCUT2D eigenvalue weighted by molar-refractivity contribution is -0.149. The van der Waals surface area contributed by atoms with Crippen LogP contribution in [0.25, 0.3) is 6.08 Å². The molecule has 5 rings (SSSR count). The second kappa shape index (κ2) is 12.1. The van der Waals surface area contributed by atoms with E-state index in [4.69, 9.17) is 4.74 Å². The second-order valence-electron chi connectivity index (χ2n) is 10.3. The third kappa shape index (κ3) is 5.99. The Morgan fingerprint density at radius 2 is 1.73 bits per heavy atom. The number of piperidine rings is 1. The number of anilines is 1. The minimum Gasteiger partial charge on any atom is -0.466 e. The Bertz CT molecular complexity index is 1460. The summed E-state index contributed by atoms with van der Waals surface area (Å²) in [6.45, 7) is 7.90. The van der Waals surface area contributed by atoms with Crippen LogP contribution in [-0.4, -0.2) is 42.4 Å². The highest BCUT2D eigenvalue weighted by atomic mass is 32.2. The van der Waals surface area contributed by atoms with Crippen LogP contribution in [0.1, 0.15) is 52.4 Å². The highest BCUT2D eigenvalue weighted by molar-refractivity contribution is 8.04. The molecule has 2 aliphatic heterocycles. The number of nitrogens with zero attached hydrogens (tertiary/aromatic N) is 2. The van der Waals surface area contributed by atoms with Crippen molar-refractivity contribution in [3.63, 3.8) is 0 Å². The molecule has 206 valence electrons. The van der Waals surface area contributed by atoms with Crippen molar-refractivity contribution in [1.82, 2.24) is 4.90 Å². The van der Waals surface area contributed by atoms with E-state index in [0.29, 0.717) is 49.6 Å². The molecule has 0 aromatic heterocycles. The van der Waals surface area contributed by atoms with E-state index in [9.17, 15) is 14.4 Å². The number of para-hydroxylation sites is 1. The van der Waals surface area contributed by atoms with E-state index in [-0.39, 0.29) is 23.7 Å². The van der Waals surface area contributed by atoms with Gasteiger partial charge in [0.15, 0.2) is 0 Å². The topological polar surface area (TPSA) is 66.9 Å². The van der Waals surface area contributed by atoms with Crippen LogP contribution in [0.5, 0.6) is 0 Å². The molecule has 0 unspecified atom stereocenters. The van der Waals surface area contributed by atoms with Gasteiger partial charge in [-0.05, 0) is 80.6 Å². The molecule has 0 atom stereocenters. The number of hydrogen-bond acceptors (Lipinski definition) is 5. The van der Waals surface area contributed by atoms with Gasteiger partial charge in [-0.25, -0.2) is 0 Å². The van der Waals surface area contributed by atoms with E-state index in [2.05, 4.69) is 32.0 Å². The summed E-state index contributed by atoms with van der Waals surface area (Å²) in [7, 11) is 0. The molecule has 40 heavy (non-hydrogen) atoms. The van der Waals surface area contributed by atoms with Crippen LogP contribution in [-0.2, 0) is 20.9 Å². The number of ether oxygens (including phenoxy) is 1. The maximum atomic E-state index is 13.7. The first-order valence-corrected chi connectivity index (χ1v) is 14.6. The third-order valence-corrected chi connectivity index (χ3v) is 8.60. The summed E-state index contributed by atoms with van der Waals surface area (Å²) in [5.41, 5.74) is 5.83. The van der Waals surface area contributed by atoms with E-state index >= 15 is 0 Å². The fourth-order valence-electron chi connectivity index (χ4n) is 5.19. The number of benzene rings is 3. The summed E-state index contributed by atoms with van der Waals surface area (Å²) in [6, 6.07) is 21.7. The number of amides is 2. The van der Waals surface area contributed by atoms with Crippen LogP contribution in [0.4, 0.5) is 5.69 Å². The largest absolute Gasteiger partial charge is 0.466 e. The van der Waals surface area contributed by atoms with Crippen LogP contribution >= 0.6 is 11.8 Å². The Kier molecular flexibility index (Phi) is 8.40. The van der Waals surface area contributed by atoms with E-state index < -0.39 is 0 Å². The highest BCUT2D eigenvalue weighted by Crippen LogP contribution is 2.42. The summed E-state index contributed by atoms with van der Waals surface area (Å²) < 4.78 is 5.13. The molecule has 2 amide bonds. The Hall–Kier alpha value is -3.84.